The molecule has 3 aromatic rings. The van der Waals surface area contributed by atoms with Crippen LogP contribution in [0.2, 0.25) is 0 Å². The lowest BCUT2D eigenvalue weighted by molar-refractivity contribution is 0.0677. The minimum absolute atomic E-state index is 0.224. The van der Waals surface area contributed by atoms with E-state index in [4.69, 9.17) is 14.6 Å². The van der Waals surface area contributed by atoms with E-state index in [2.05, 4.69) is 15.5 Å². The summed E-state index contributed by atoms with van der Waals surface area (Å²) in [6.07, 6.45) is 3.48. The Morgan fingerprint density at radius 3 is 2.75 bits per heavy atom. The zero-order valence-corrected chi connectivity index (χ0v) is 14.9. The first-order valence-corrected chi connectivity index (χ1v) is 8.28. The average Bonchev–Trinajstić information content (AvgIpc) is 3.15. The van der Waals surface area contributed by atoms with E-state index < -0.39 is 5.97 Å². The highest BCUT2D eigenvalue weighted by Gasteiger charge is 2.13. The topological polar surface area (TPSA) is 99.4 Å². The first-order valence-electron chi connectivity index (χ1n) is 8.28. The third-order valence-electron chi connectivity index (χ3n) is 3.81. The number of benzene rings is 2. The largest absolute Gasteiger partial charge is 0.496 e. The third kappa shape index (κ3) is 4.70. The molecule has 1 aromatic heterocycles. The summed E-state index contributed by atoms with van der Waals surface area (Å²) in [5, 5.41) is 19.5. The number of rotatable bonds is 8. The molecule has 0 aliphatic carbocycles. The fourth-order valence-corrected chi connectivity index (χ4v) is 2.48. The Morgan fingerprint density at radius 2 is 2.04 bits per heavy atom. The van der Waals surface area contributed by atoms with Crippen LogP contribution >= 0.6 is 0 Å². The predicted octanol–water partition coefficient (Wildman–Crippen LogP) is 2.66. The van der Waals surface area contributed by atoms with Crippen LogP contribution in [0.25, 0.3) is 6.08 Å². The number of carboxylic acids is 1. The van der Waals surface area contributed by atoms with Crippen molar-refractivity contribution >= 4 is 12.0 Å². The Hall–Kier alpha value is -3.75. The molecule has 0 saturated carbocycles. The van der Waals surface area contributed by atoms with E-state index in [1.165, 1.54) is 23.9 Å². The zero-order valence-electron chi connectivity index (χ0n) is 14.9. The summed E-state index contributed by atoms with van der Waals surface area (Å²) in [7, 11) is 1.53. The Bertz CT molecular complexity index is 986. The number of nitrogens with zero attached hydrogens (tertiary/aromatic N) is 4. The number of aromatic carboxylic acids is 1. The number of aromatic nitrogens is 4. The van der Waals surface area contributed by atoms with Gasteiger partial charge in [-0.25, -0.2) is 13.9 Å². The number of tetrazole rings is 1. The quantitative estimate of drug-likeness (QED) is 0.637. The van der Waals surface area contributed by atoms with E-state index in [1.54, 1.807) is 42.5 Å². The molecule has 0 amide bonds. The van der Waals surface area contributed by atoms with Crippen LogP contribution in [0.1, 0.15) is 21.7 Å². The maximum atomic E-state index is 13.3. The standard InChI is InChI=1S/C19H17FN4O4/c1-27-17-9-6-15(20)11-14(17)3-2-10-28-16-7-4-13(5-8-16)12-24-18(19(25)26)21-22-23-24/h2-9,11H,10,12H2,1H3,(H,25,26)/b3-2+. The van der Waals surface area contributed by atoms with Gasteiger partial charge in [-0.2, -0.15) is 0 Å². The molecule has 0 atom stereocenters. The van der Waals surface area contributed by atoms with Crippen molar-refractivity contribution in [2.75, 3.05) is 13.7 Å². The Balaban J connectivity index is 1.57. The van der Waals surface area contributed by atoms with E-state index >= 15 is 0 Å². The molecule has 8 nitrogen and oxygen atoms in total. The monoisotopic (exact) mass is 384 g/mol. The number of methoxy groups -OCH3 is 1. The van der Waals surface area contributed by atoms with Gasteiger partial charge >= 0.3 is 5.97 Å². The van der Waals surface area contributed by atoms with Crippen molar-refractivity contribution in [3.8, 4) is 11.5 Å². The molecular weight excluding hydrogens is 367 g/mol. The number of carboxylic acid groups (broad SMARTS) is 1. The van der Waals surface area contributed by atoms with Crippen LogP contribution in [0.3, 0.4) is 0 Å². The Morgan fingerprint density at radius 1 is 1.25 bits per heavy atom. The molecule has 0 bridgehead atoms. The maximum absolute atomic E-state index is 13.3. The highest BCUT2D eigenvalue weighted by atomic mass is 19.1. The molecule has 1 heterocycles. The van der Waals surface area contributed by atoms with Crippen molar-refractivity contribution < 1.29 is 23.8 Å². The lowest BCUT2D eigenvalue weighted by atomic mass is 10.2. The van der Waals surface area contributed by atoms with Crippen LogP contribution in [0.15, 0.2) is 48.5 Å². The summed E-state index contributed by atoms with van der Waals surface area (Å²) in [5.74, 6) is -0.546. The van der Waals surface area contributed by atoms with Crippen LogP contribution in [0.5, 0.6) is 11.5 Å². The lowest BCUT2D eigenvalue weighted by Crippen LogP contribution is -2.12. The minimum Gasteiger partial charge on any atom is -0.496 e. The normalized spacial score (nSPS) is 10.9. The van der Waals surface area contributed by atoms with Crippen LogP contribution in [0.4, 0.5) is 4.39 Å². The SMILES string of the molecule is COc1ccc(F)cc1/C=C/COc1ccc(Cn2nnnc2C(=O)O)cc1. The average molecular weight is 384 g/mol. The summed E-state index contributed by atoms with van der Waals surface area (Å²) in [5.41, 5.74) is 1.44. The lowest BCUT2D eigenvalue weighted by Gasteiger charge is -2.06. The van der Waals surface area contributed by atoms with Crippen molar-refractivity contribution in [2.45, 2.75) is 6.54 Å². The first kappa shape index (κ1) is 19.0. The molecule has 9 heteroatoms. The van der Waals surface area contributed by atoms with Crippen molar-refractivity contribution in [2.24, 2.45) is 0 Å². The van der Waals surface area contributed by atoms with E-state index in [1.807, 2.05) is 0 Å². The van der Waals surface area contributed by atoms with Gasteiger partial charge in [-0.1, -0.05) is 18.2 Å². The molecule has 3 rings (SSSR count). The molecule has 0 saturated heterocycles. The molecule has 0 radical (unpaired) electrons. The number of ether oxygens (including phenoxy) is 2. The summed E-state index contributed by atoms with van der Waals surface area (Å²) < 4.78 is 25.3. The van der Waals surface area contributed by atoms with Gasteiger partial charge in [0.15, 0.2) is 0 Å². The molecule has 0 spiro atoms. The Kier molecular flexibility index (Phi) is 5.95. The molecule has 0 fully saturated rings. The van der Waals surface area contributed by atoms with E-state index in [9.17, 15) is 9.18 Å². The van der Waals surface area contributed by atoms with Gasteiger partial charge in [-0.15, -0.1) is 5.10 Å². The van der Waals surface area contributed by atoms with Crippen LogP contribution in [0, 0.1) is 5.82 Å². The number of hydrogen-bond acceptors (Lipinski definition) is 6. The van der Waals surface area contributed by atoms with Crippen molar-refractivity contribution in [1.82, 2.24) is 20.2 Å². The summed E-state index contributed by atoms with van der Waals surface area (Å²) >= 11 is 0. The van der Waals surface area contributed by atoms with Crippen molar-refractivity contribution in [3.63, 3.8) is 0 Å². The van der Waals surface area contributed by atoms with Crippen LogP contribution in [-0.2, 0) is 6.54 Å². The van der Waals surface area contributed by atoms with Gasteiger partial charge in [0.05, 0.1) is 13.7 Å². The summed E-state index contributed by atoms with van der Waals surface area (Å²) in [6.45, 7) is 0.517. The van der Waals surface area contributed by atoms with Crippen LogP contribution < -0.4 is 9.47 Å². The highest BCUT2D eigenvalue weighted by molar-refractivity contribution is 5.83. The molecule has 144 valence electrons. The smallest absolute Gasteiger partial charge is 0.375 e. The predicted molar refractivity (Wildman–Crippen MR) is 97.8 cm³/mol. The number of hydrogen-bond donors (Lipinski definition) is 1. The second-order valence-corrected chi connectivity index (χ2v) is 5.71. The van der Waals surface area contributed by atoms with E-state index in [0.717, 1.165) is 5.56 Å². The summed E-state index contributed by atoms with van der Waals surface area (Å²) in [6, 6.07) is 11.4. The second-order valence-electron chi connectivity index (χ2n) is 5.71. The second kappa shape index (κ2) is 8.76. The highest BCUT2D eigenvalue weighted by Crippen LogP contribution is 2.21. The van der Waals surface area contributed by atoms with Gasteiger partial charge in [0.1, 0.15) is 23.9 Å². The van der Waals surface area contributed by atoms with E-state index in [-0.39, 0.29) is 24.8 Å². The molecule has 2 aromatic carbocycles. The van der Waals surface area contributed by atoms with E-state index in [0.29, 0.717) is 17.1 Å². The molecule has 1 N–H and O–H groups in total. The molecule has 0 aliphatic rings. The first-order chi connectivity index (χ1) is 13.6. The maximum Gasteiger partial charge on any atom is 0.375 e. The van der Waals surface area contributed by atoms with Gasteiger partial charge in [0, 0.05) is 5.56 Å². The number of carbonyl (C=O) groups is 1. The Labute approximate surface area is 159 Å². The molecule has 0 unspecified atom stereocenters. The fraction of sp³-hybridized carbons (Fsp3) is 0.158. The fourth-order valence-electron chi connectivity index (χ4n) is 2.48. The van der Waals surface area contributed by atoms with Gasteiger partial charge < -0.3 is 14.6 Å². The van der Waals surface area contributed by atoms with Crippen LogP contribution in [-0.4, -0.2) is 45.0 Å². The van der Waals surface area contributed by atoms with Crippen molar-refractivity contribution in [1.29, 1.82) is 0 Å². The molecule has 28 heavy (non-hydrogen) atoms. The summed E-state index contributed by atoms with van der Waals surface area (Å²) in [4.78, 5) is 11.0. The zero-order chi connectivity index (χ0) is 19.9. The molecule has 0 aliphatic heterocycles. The number of halogens is 1. The van der Waals surface area contributed by atoms with Gasteiger partial charge in [0.25, 0.3) is 5.82 Å². The van der Waals surface area contributed by atoms with Crippen molar-refractivity contribution in [3.05, 3.63) is 71.3 Å². The van der Waals surface area contributed by atoms with Gasteiger partial charge in [-0.05, 0) is 52.4 Å². The molecular formula is C19H17FN4O4. The van der Waals surface area contributed by atoms with Gasteiger partial charge in [-0.3, -0.25) is 0 Å². The minimum atomic E-state index is -1.19. The third-order valence-corrected chi connectivity index (χ3v) is 3.81. The van der Waals surface area contributed by atoms with Gasteiger partial charge in [0.2, 0.25) is 0 Å².